The van der Waals surface area contributed by atoms with Crippen LogP contribution in [0.25, 0.3) is 0 Å². The molecular weight excluding hydrogens is 228 g/mol. The number of pyridine rings is 1. The lowest BCUT2D eigenvalue weighted by Gasteiger charge is -2.31. The molecule has 18 heavy (non-hydrogen) atoms. The van der Waals surface area contributed by atoms with Gasteiger partial charge in [-0.2, -0.15) is 0 Å². The molecule has 1 atom stereocenters. The normalized spacial score (nSPS) is 21.0. The minimum absolute atomic E-state index is 0.219. The van der Waals surface area contributed by atoms with Crippen molar-refractivity contribution in [2.24, 2.45) is 0 Å². The Kier molecular flexibility index (Phi) is 3.76. The quantitative estimate of drug-likeness (QED) is 0.824. The van der Waals surface area contributed by atoms with Crippen molar-refractivity contribution >= 4 is 0 Å². The summed E-state index contributed by atoms with van der Waals surface area (Å²) in [6, 6.07) is 3.73. The highest BCUT2D eigenvalue weighted by Crippen LogP contribution is 2.24. The van der Waals surface area contributed by atoms with Crippen LogP contribution in [-0.2, 0) is 0 Å². The van der Waals surface area contributed by atoms with Gasteiger partial charge in [0.05, 0.1) is 13.3 Å². The van der Waals surface area contributed by atoms with Gasteiger partial charge in [-0.3, -0.25) is 4.90 Å². The second-order valence-electron chi connectivity index (χ2n) is 5.68. The maximum atomic E-state index is 5.94. The molecule has 0 saturated carbocycles. The highest BCUT2D eigenvalue weighted by Gasteiger charge is 2.31. The molecule has 1 aromatic heterocycles. The van der Waals surface area contributed by atoms with Crippen LogP contribution in [-0.4, -0.2) is 41.7 Å². The molecule has 0 aliphatic carbocycles. The summed E-state index contributed by atoms with van der Waals surface area (Å²) in [7, 11) is 1.61. The van der Waals surface area contributed by atoms with Crippen LogP contribution in [0, 0.1) is 0 Å². The van der Waals surface area contributed by atoms with Crippen LogP contribution in [0.4, 0.5) is 0 Å². The molecule has 0 aromatic carbocycles. The number of likely N-dealkylation sites (tertiary alicyclic amines) is 1. The van der Waals surface area contributed by atoms with Crippen LogP contribution in [0.5, 0.6) is 11.6 Å². The van der Waals surface area contributed by atoms with Crippen molar-refractivity contribution in [3.8, 4) is 11.6 Å². The van der Waals surface area contributed by atoms with Crippen LogP contribution < -0.4 is 9.47 Å². The Morgan fingerprint density at radius 1 is 1.33 bits per heavy atom. The smallest absolute Gasteiger partial charge is 0.213 e. The topological polar surface area (TPSA) is 34.6 Å². The minimum atomic E-state index is 0.219. The van der Waals surface area contributed by atoms with Crippen LogP contribution in [0.1, 0.15) is 27.2 Å². The summed E-state index contributed by atoms with van der Waals surface area (Å²) in [5.41, 5.74) is 0.219. The molecule has 0 radical (unpaired) electrons. The van der Waals surface area contributed by atoms with E-state index in [2.05, 4.69) is 30.7 Å². The third-order valence-electron chi connectivity index (χ3n) is 3.31. The second kappa shape index (κ2) is 5.14. The van der Waals surface area contributed by atoms with Gasteiger partial charge in [-0.25, -0.2) is 4.98 Å². The molecule has 4 nitrogen and oxygen atoms in total. The van der Waals surface area contributed by atoms with E-state index < -0.39 is 0 Å². The third-order valence-corrected chi connectivity index (χ3v) is 3.31. The van der Waals surface area contributed by atoms with Crippen LogP contribution in [0.15, 0.2) is 18.3 Å². The van der Waals surface area contributed by atoms with Crippen LogP contribution in [0.2, 0.25) is 0 Å². The molecular formula is C14H22N2O2. The van der Waals surface area contributed by atoms with Gasteiger partial charge in [0, 0.05) is 24.7 Å². The fourth-order valence-corrected chi connectivity index (χ4v) is 2.18. The fourth-order valence-electron chi connectivity index (χ4n) is 2.18. The van der Waals surface area contributed by atoms with Gasteiger partial charge in [0.25, 0.3) is 0 Å². The molecule has 1 aromatic rings. The van der Waals surface area contributed by atoms with Crippen molar-refractivity contribution in [1.29, 1.82) is 0 Å². The number of methoxy groups -OCH3 is 1. The molecule has 1 saturated heterocycles. The summed E-state index contributed by atoms with van der Waals surface area (Å²) in [6.45, 7) is 8.80. The van der Waals surface area contributed by atoms with Gasteiger partial charge in [-0.1, -0.05) is 0 Å². The molecule has 100 valence electrons. The number of aromatic nitrogens is 1. The molecule has 1 aliphatic heterocycles. The van der Waals surface area contributed by atoms with E-state index in [9.17, 15) is 0 Å². The summed E-state index contributed by atoms with van der Waals surface area (Å²) in [6.07, 6.45) is 3.06. The molecule has 4 heteroatoms. The van der Waals surface area contributed by atoms with E-state index in [1.165, 1.54) is 0 Å². The Labute approximate surface area is 109 Å². The van der Waals surface area contributed by atoms with Crippen molar-refractivity contribution in [2.45, 2.75) is 38.8 Å². The standard InChI is InChI=1S/C14H22N2O2/c1-14(2,3)16-8-7-12(10-16)18-11-5-6-13(17-4)15-9-11/h5-6,9,12H,7-8,10H2,1-4H3. The van der Waals surface area contributed by atoms with Crippen LogP contribution >= 0.6 is 0 Å². The number of nitrogens with zero attached hydrogens (tertiary/aromatic N) is 2. The molecule has 0 N–H and O–H groups in total. The zero-order chi connectivity index (χ0) is 13.2. The lowest BCUT2D eigenvalue weighted by atomic mass is 10.1. The van der Waals surface area contributed by atoms with Gasteiger partial charge in [-0.05, 0) is 33.3 Å². The van der Waals surface area contributed by atoms with Gasteiger partial charge in [0.15, 0.2) is 0 Å². The van der Waals surface area contributed by atoms with Gasteiger partial charge in [-0.15, -0.1) is 0 Å². The SMILES string of the molecule is COc1ccc(OC2CCN(C(C)(C)C)C2)cn1. The molecule has 2 heterocycles. The minimum Gasteiger partial charge on any atom is -0.487 e. The number of rotatable bonds is 3. The van der Waals surface area contributed by atoms with Gasteiger partial charge in [0.2, 0.25) is 5.88 Å². The highest BCUT2D eigenvalue weighted by molar-refractivity contribution is 5.23. The molecule has 0 amide bonds. The summed E-state index contributed by atoms with van der Waals surface area (Å²) in [5.74, 6) is 1.43. The fraction of sp³-hybridized carbons (Fsp3) is 0.643. The monoisotopic (exact) mass is 250 g/mol. The summed E-state index contributed by atoms with van der Waals surface area (Å²) in [4.78, 5) is 6.60. The van der Waals surface area contributed by atoms with Crippen molar-refractivity contribution in [3.05, 3.63) is 18.3 Å². The zero-order valence-corrected chi connectivity index (χ0v) is 11.6. The second-order valence-corrected chi connectivity index (χ2v) is 5.68. The number of ether oxygens (including phenoxy) is 2. The molecule has 0 bridgehead atoms. The number of hydrogen-bond acceptors (Lipinski definition) is 4. The lowest BCUT2D eigenvalue weighted by Crippen LogP contribution is -2.40. The first-order valence-corrected chi connectivity index (χ1v) is 6.41. The van der Waals surface area contributed by atoms with Gasteiger partial charge >= 0.3 is 0 Å². The van der Waals surface area contributed by atoms with Crippen molar-refractivity contribution in [1.82, 2.24) is 9.88 Å². The first kappa shape index (κ1) is 13.1. The van der Waals surface area contributed by atoms with Crippen molar-refractivity contribution in [2.75, 3.05) is 20.2 Å². The van der Waals surface area contributed by atoms with Gasteiger partial charge in [0.1, 0.15) is 11.9 Å². The molecule has 1 unspecified atom stereocenters. The summed E-state index contributed by atoms with van der Waals surface area (Å²) >= 11 is 0. The van der Waals surface area contributed by atoms with E-state index in [-0.39, 0.29) is 11.6 Å². The first-order valence-electron chi connectivity index (χ1n) is 6.41. The maximum absolute atomic E-state index is 5.94. The first-order chi connectivity index (χ1) is 8.49. The van der Waals surface area contributed by atoms with Crippen molar-refractivity contribution in [3.63, 3.8) is 0 Å². The van der Waals surface area contributed by atoms with Crippen molar-refractivity contribution < 1.29 is 9.47 Å². The molecule has 1 fully saturated rings. The summed E-state index contributed by atoms with van der Waals surface area (Å²) < 4.78 is 11.0. The Balaban J connectivity index is 1.91. The Morgan fingerprint density at radius 2 is 2.11 bits per heavy atom. The average molecular weight is 250 g/mol. The Hall–Kier alpha value is -1.29. The highest BCUT2D eigenvalue weighted by atomic mass is 16.5. The van der Waals surface area contributed by atoms with Gasteiger partial charge < -0.3 is 9.47 Å². The van der Waals surface area contributed by atoms with E-state index in [4.69, 9.17) is 9.47 Å². The maximum Gasteiger partial charge on any atom is 0.213 e. The Bertz CT molecular complexity index is 384. The molecule has 2 rings (SSSR count). The third kappa shape index (κ3) is 3.13. The lowest BCUT2D eigenvalue weighted by molar-refractivity contribution is 0.140. The zero-order valence-electron chi connectivity index (χ0n) is 11.6. The van der Waals surface area contributed by atoms with Crippen LogP contribution in [0.3, 0.4) is 0 Å². The largest absolute Gasteiger partial charge is 0.487 e. The predicted molar refractivity (Wildman–Crippen MR) is 71.1 cm³/mol. The predicted octanol–water partition coefficient (Wildman–Crippen LogP) is 2.34. The molecule has 0 spiro atoms. The van der Waals surface area contributed by atoms with E-state index >= 15 is 0 Å². The Morgan fingerprint density at radius 3 is 2.61 bits per heavy atom. The van der Waals surface area contributed by atoms with E-state index in [1.807, 2.05) is 12.1 Å². The summed E-state index contributed by atoms with van der Waals surface area (Å²) in [5, 5.41) is 0. The number of hydrogen-bond donors (Lipinski definition) is 0. The van der Waals surface area contributed by atoms with E-state index in [1.54, 1.807) is 13.3 Å². The van der Waals surface area contributed by atoms with E-state index in [0.29, 0.717) is 5.88 Å². The average Bonchev–Trinajstić information content (AvgIpc) is 2.78. The molecule has 1 aliphatic rings. The van der Waals surface area contributed by atoms with E-state index in [0.717, 1.165) is 25.3 Å².